The predicted molar refractivity (Wildman–Crippen MR) is 108 cm³/mol. The van der Waals surface area contributed by atoms with Gasteiger partial charge >= 0.3 is 0 Å². The quantitative estimate of drug-likeness (QED) is 0.609. The molecule has 0 atom stereocenters. The van der Waals surface area contributed by atoms with Crippen LogP contribution in [0.5, 0.6) is 11.5 Å². The zero-order valence-electron chi connectivity index (χ0n) is 15.9. The zero-order valence-corrected chi connectivity index (χ0v) is 15.9. The summed E-state index contributed by atoms with van der Waals surface area (Å²) in [6.07, 6.45) is 0. The average Bonchev–Trinajstić information content (AvgIpc) is 2.75. The van der Waals surface area contributed by atoms with Crippen molar-refractivity contribution in [1.82, 2.24) is 0 Å². The summed E-state index contributed by atoms with van der Waals surface area (Å²) in [6.45, 7) is -0.225. The van der Waals surface area contributed by atoms with E-state index in [-0.39, 0.29) is 23.8 Å². The Morgan fingerprint density at radius 1 is 0.833 bits per heavy atom. The Hall–Kier alpha value is -3.94. The van der Waals surface area contributed by atoms with Gasteiger partial charge in [-0.05, 0) is 48.5 Å². The number of methoxy groups -OCH3 is 1. The number of benzene rings is 3. The fourth-order valence-corrected chi connectivity index (χ4v) is 2.53. The van der Waals surface area contributed by atoms with E-state index in [1.54, 1.807) is 24.3 Å². The Kier molecular flexibility index (Phi) is 6.59. The van der Waals surface area contributed by atoms with Gasteiger partial charge in [-0.1, -0.05) is 6.07 Å². The average molecular weight is 412 g/mol. The zero-order chi connectivity index (χ0) is 21.5. The molecule has 3 rings (SSSR count). The van der Waals surface area contributed by atoms with Gasteiger partial charge < -0.3 is 20.1 Å². The van der Waals surface area contributed by atoms with E-state index >= 15 is 0 Å². The standard InChI is InChI=1S/C22H18F2N2O4/c1-29-18-4-2-3-15(11-18)25-21(27)13-30-17-8-5-14(6-9-17)22(28)26-16-7-10-19(23)20(24)12-16/h2-12H,13H2,1H3,(H,25,27)(H,26,28). The van der Waals surface area contributed by atoms with Crippen molar-refractivity contribution in [2.45, 2.75) is 0 Å². The largest absolute Gasteiger partial charge is 0.497 e. The summed E-state index contributed by atoms with van der Waals surface area (Å²) >= 11 is 0. The van der Waals surface area contributed by atoms with Crippen molar-refractivity contribution in [2.24, 2.45) is 0 Å². The van der Waals surface area contributed by atoms with Crippen molar-refractivity contribution in [1.29, 1.82) is 0 Å². The number of hydrogen-bond donors (Lipinski definition) is 2. The van der Waals surface area contributed by atoms with Crippen molar-refractivity contribution in [3.63, 3.8) is 0 Å². The van der Waals surface area contributed by atoms with E-state index in [1.165, 1.54) is 37.4 Å². The summed E-state index contributed by atoms with van der Waals surface area (Å²) in [5, 5.41) is 5.16. The summed E-state index contributed by atoms with van der Waals surface area (Å²) in [6, 6.07) is 16.0. The maximum Gasteiger partial charge on any atom is 0.262 e. The summed E-state index contributed by atoms with van der Waals surface area (Å²) < 4.78 is 36.7. The summed E-state index contributed by atoms with van der Waals surface area (Å²) in [5.41, 5.74) is 0.994. The third kappa shape index (κ3) is 5.54. The lowest BCUT2D eigenvalue weighted by atomic mass is 10.2. The molecule has 2 amide bonds. The van der Waals surface area contributed by atoms with E-state index in [9.17, 15) is 18.4 Å². The first-order chi connectivity index (χ1) is 14.4. The normalized spacial score (nSPS) is 10.2. The first-order valence-corrected chi connectivity index (χ1v) is 8.88. The molecule has 0 heterocycles. The number of rotatable bonds is 7. The molecule has 8 heteroatoms. The molecule has 0 spiro atoms. The van der Waals surface area contributed by atoms with Crippen molar-refractivity contribution in [3.8, 4) is 11.5 Å². The van der Waals surface area contributed by atoms with E-state index in [0.717, 1.165) is 12.1 Å². The topological polar surface area (TPSA) is 76.7 Å². The molecule has 2 N–H and O–H groups in total. The molecule has 0 aliphatic carbocycles. The van der Waals surface area contributed by atoms with Gasteiger partial charge in [0.25, 0.3) is 11.8 Å². The second-order valence-electron chi connectivity index (χ2n) is 6.18. The summed E-state index contributed by atoms with van der Waals surface area (Å²) in [7, 11) is 1.53. The molecule has 0 radical (unpaired) electrons. The smallest absolute Gasteiger partial charge is 0.262 e. The molecule has 6 nitrogen and oxygen atoms in total. The predicted octanol–water partition coefficient (Wildman–Crippen LogP) is 4.24. The number of hydrogen-bond acceptors (Lipinski definition) is 4. The lowest BCUT2D eigenvalue weighted by Gasteiger charge is -2.09. The number of carbonyl (C=O) groups is 2. The first-order valence-electron chi connectivity index (χ1n) is 8.88. The first kappa shape index (κ1) is 20.8. The Balaban J connectivity index is 1.52. The van der Waals surface area contributed by atoms with E-state index < -0.39 is 17.5 Å². The van der Waals surface area contributed by atoms with E-state index in [4.69, 9.17) is 9.47 Å². The van der Waals surface area contributed by atoms with Crippen molar-refractivity contribution < 1.29 is 27.8 Å². The summed E-state index contributed by atoms with van der Waals surface area (Å²) in [4.78, 5) is 24.2. The van der Waals surface area contributed by atoms with Gasteiger partial charge in [0.15, 0.2) is 18.2 Å². The van der Waals surface area contributed by atoms with Gasteiger partial charge in [0, 0.05) is 29.1 Å². The Labute approximate surface area is 171 Å². The lowest BCUT2D eigenvalue weighted by molar-refractivity contribution is -0.118. The van der Waals surface area contributed by atoms with Crippen LogP contribution in [0, 0.1) is 11.6 Å². The van der Waals surface area contributed by atoms with Gasteiger partial charge in [0.2, 0.25) is 0 Å². The second kappa shape index (κ2) is 9.51. The van der Waals surface area contributed by atoms with Crippen LogP contribution in [0.25, 0.3) is 0 Å². The van der Waals surface area contributed by atoms with Gasteiger partial charge in [-0.3, -0.25) is 9.59 Å². The van der Waals surface area contributed by atoms with E-state index in [2.05, 4.69) is 10.6 Å². The van der Waals surface area contributed by atoms with Crippen LogP contribution in [0.4, 0.5) is 20.2 Å². The Morgan fingerprint density at radius 3 is 2.27 bits per heavy atom. The van der Waals surface area contributed by atoms with Crippen LogP contribution in [0.3, 0.4) is 0 Å². The minimum atomic E-state index is -1.05. The third-order valence-electron chi connectivity index (χ3n) is 4.02. The van der Waals surface area contributed by atoms with Crippen LogP contribution in [-0.2, 0) is 4.79 Å². The van der Waals surface area contributed by atoms with Crippen LogP contribution in [-0.4, -0.2) is 25.5 Å². The minimum absolute atomic E-state index is 0.133. The Bertz CT molecular complexity index is 1060. The lowest BCUT2D eigenvalue weighted by Crippen LogP contribution is -2.20. The van der Waals surface area contributed by atoms with Crippen molar-refractivity contribution >= 4 is 23.2 Å². The number of ether oxygens (including phenoxy) is 2. The highest BCUT2D eigenvalue weighted by molar-refractivity contribution is 6.04. The van der Waals surface area contributed by atoms with E-state index in [1.807, 2.05) is 0 Å². The highest BCUT2D eigenvalue weighted by Crippen LogP contribution is 2.18. The third-order valence-corrected chi connectivity index (χ3v) is 4.02. The monoisotopic (exact) mass is 412 g/mol. The molecule has 0 aliphatic rings. The van der Waals surface area contributed by atoms with Gasteiger partial charge in [0.1, 0.15) is 11.5 Å². The van der Waals surface area contributed by atoms with Crippen molar-refractivity contribution in [2.75, 3.05) is 24.4 Å². The maximum absolute atomic E-state index is 13.2. The van der Waals surface area contributed by atoms with Crippen LogP contribution in [0.1, 0.15) is 10.4 Å². The number of anilines is 2. The second-order valence-corrected chi connectivity index (χ2v) is 6.18. The number of nitrogens with one attached hydrogen (secondary N) is 2. The van der Waals surface area contributed by atoms with Crippen molar-refractivity contribution in [3.05, 3.63) is 83.9 Å². The molecular formula is C22H18F2N2O4. The highest BCUT2D eigenvalue weighted by Gasteiger charge is 2.10. The van der Waals surface area contributed by atoms with Gasteiger partial charge in [-0.25, -0.2) is 8.78 Å². The van der Waals surface area contributed by atoms with E-state index in [0.29, 0.717) is 17.2 Å². The van der Waals surface area contributed by atoms with Gasteiger partial charge in [-0.15, -0.1) is 0 Å². The minimum Gasteiger partial charge on any atom is -0.497 e. The number of carbonyl (C=O) groups excluding carboxylic acids is 2. The maximum atomic E-state index is 13.2. The highest BCUT2D eigenvalue weighted by atomic mass is 19.2. The summed E-state index contributed by atoms with van der Waals surface area (Å²) in [5.74, 6) is -1.90. The molecule has 3 aromatic rings. The molecule has 0 saturated carbocycles. The van der Waals surface area contributed by atoms with Crippen LogP contribution < -0.4 is 20.1 Å². The molecule has 154 valence electrons. The fourth-order valence-electron chi connectivity index (χ4n) is 2.53. The molecule has 0 aromatic heterocycles. The molecular weight excluding hydrogens is 394 g/mol. The molecule has 0 saturated heterocycles. The van der Waals surface area contributed by atoms with Gasteiger partial charge in [0.05, 0.1) is 7.11 Å². The fraction of sp³-hybridized carbons (Fsp3) is 0.0909. The SMILES string of the molecule is COc1cccc(NC(=O)COc2ccc(C(=O)Nc3ccc(F)c(F)c3)cc2)c1. The number of halogens is 2. The van der Waals surface area contributed by atoms with Crippen LogP contribution in [0.2, 0.25) is 0 Å². The number of amides is 2. The molecule has 0 bridgehead atoms. The van der Waals surface area contributed by atoms with Gasteiger partial charge in [-0.2, -0.15) is 0 Å². The molecule has 0 unspecified atom stereocenters. The molecule has 0 aliphatic heterocycles. The Morgan fingerprint density at radius 2 is 1.57 bits per heavy atom. The molecule has 0 fully saturated rings. The molecule has 30 heavy (non-hydrogen) atoms. The molecule has 3 aromatic carbocycles. The van der Waals surface area contributed by atoms with Crippen LogP contribution >= 0.6 is 0 Å². The van der Waals surface area contributed by atoms with Crippen LogP contribution in [0.15, 0.2) is 66.7 Å².